The van der Waals surface area contributed by atoms with Gasteiger partial charge in [-0.05, 0) is 45.3 Å². The summed E-state index contributed by atoms with van der Waals surface area (Å²) in [7, 11) is 0. The summed E-state index contributed by atoms with van der Waals surface area (Å²) >= 11 is 0. The monoisotopic (exact) mass is 267 g/mol. The molecule has 2 N–H and O–H groups in total. The highest BCUT2D eigenvalue weighted by Gasteiger charge is 2.21. The zero-order valence-electron chi connectivity index (χ0n) is 11.8. The van der Waals surface area contributed by atoms with Crippen LogP contribution >= 0.6 is 0 Å². The Labute approximate surface area is 113 Å². The molecule has 0 aromatic rings. The lowest BCUT2D eigenvalue weighted by molar-refractivity contribution is -0.153. The molecule has 19 heavy (non-hydrogen) atoms. The van der Waals surface area contributed by atoms with E-state index in [1.165, 1.54) is 0 Å². The van der Waals surface area contributed by atoms with Gasteiger partial charge in [-0.25, -0.2) is 4.79 Å². The lowest BCUT2D eigenvalue weighted by atomic mass is 9.91. The first-order chi connectivity index (χ1) is 8.69. The van der Waals surface area contributed by atoms with Crippen LogP contribution in [0.2, 0.25) is 0 Å². The molecule has 1 aliphatic carbocycles. The molecule has 1 atom stereocenters. The molecular formula is C14H21NO4. The molecule has 0 bridgehead atoms. The number of carboxylic acid groups (broad SMARTS) is 1. The second-order valence-corrected chi connectivity index (χ2v) is 5.66. The maximum atomic E-state index is 11.5. The highest BCUT2D eigenvalue weighted by molar-refractivity contribution is 5.88. The van der Waals surface area contributed by atoms with Crippen molar-refractivity contribution in [3.63, 3.8) is 0 Å². The minimum atomic E-state index is -0.894. The van der Waals surface area contributed by atoms with E-state index < -0.39 is 11.6 Å². The number of carbonyl (C=O) groups is 2. The van der Waals surface area contributed by atoms with E-state index in [0.717, 1.165) is 5.70 Å². The Balaban J connectivity index is 2.52. The first kappa shape index (κ1) is 15.3. The largest absolute Gasteiger partial charge is 0.478 e. The third kappa shape index (κ3) is 5.16. The minimum Gasteiger partial charge on any atom is -0.478 e. The maximum Gasteiger partial charge on any atom is 0.331 e. The van der Waals surface area contributed by atoms with Crippen molar-refractivity contribution in [2.45, 2.75) is 39.7 Å². The van der Waals surface area contributed by atoms with Crippen molar-refractivity contribution in [1.82, 2.24) is 5.32 Å². The zero-order valence-corrected chi connectivity index (χ0v) is 11.8. The Morgan fingerprint density at radius 1 is 1.42 bits per heavy atom. The number of hydrogen-bond donors (Lipinski definition) is 2. The van der Waals surface area contributed by atoms with E-state index in [9.17, 15) is 9.59 Å². The number of nitrogens with one attached hydrogen (secondary N) is 1. The van der Waals surface area contributed by atoms with Crippen molar-refractivity contribution in [2.75, 3.05) is 6.54 Å². The molecule has 0 heterocycles. The van der Waals surface area contributed by atoms with Crippen molar-refractivity contribution in [2.24, 2.45) is 5.92 Å². The summed E-state index contributed by atoms with van der Waals surface area (Å²) in [5.41, 5.74) is 0.745. The van der Waals surface area contributed by atoms with Gasteiger partial charge < -0.3 is 15.2 Å². The van der Waals surface area contributed by atoms with Crippen LogP contribution in [0.25, 0.3) is 0 Å². The summed E-state index contributed by atoms with van der Waals surface area (Å²) in [6.07, 6.45) is 3.86. The SMILES string of the molecule is CC1CC(NCC(=O)OC(C)(C)C)=CC=C1C(=O)O. The van der Waals surface area contributed by atoms with Gasteiger partial charge in [0.25, 0.3) is 0 Å². The smallest absolute Gasteiger partial charge is 0.331 e. The first-order valence-corrected chi connectivity index (χ1v) is 6.29. The number of hydrogen-bond acceptors (Lipinski definition) is 4. The predicted molar refractivity (Wildman–Crippen MR) is 71.4 cm³/mol. The van der Waals surface area contributed by atoms with E-state index in [-0.39, 0.29) is 18.4 Å². The molecule has 0 saturated heterocycles. The Morgan fingerprint density at radius 3 is 2.53 bits per heavy atom. The van der Waals surface area contributed by atoms with Crippen LogP contribution in [-0.2, 0) is 14.3 Å². The van der Waals surface area contributed by atoms with Gasteiger partial charge in [0, 0.05) is 11.3 Å². The quantitative estimate of drug-likeness (QED) is 0.760. The molecule has 0 aromatic heterocycles. The molecule has 106 valence electrons. The number of ether oxygens (including phenoxy) is 1. The molecule has 1 unspecified atom stereocenters. The van der Waals surface area contributed by atoms with Crippen LogP contribution in [0.1, 0.15) is 34.1 Å². The van der Waals surface area contributed by atoms with Gasteiger partial charge in [-0.2, -0.15) is 0 Å². The number of carbonyl (C=O) groups excluding carboxylic acids is 1. The average Bonchev–Trinajstić information content (AvgIpc) is 2.23. The van der Waals surface area contributed by atoms with Crippen LogP contribution in [0.4, 0.5) is 0 Å². The number of carboxylic acids is 1. The Hall–Kier alpha value is -1.78. The van der Waals surface area contributed by atoms with Crippen molar-refractivity contribution >= 4 is 11.9 Å². The van der Waals surface area contributed by atoms with Crippen LogP contribution in [0.3, 0.4) is 0 Å². The van der Waals surface area contributed by atoms with Crippen LogP contribution in [-0.4, -0.2) is 29.2 Å². The van der Waals surface area contributed by atoms with Crippen molar-refractivity contribution < 1.29 is 19.4 Å². The van der Waals surface area contributed by atoms with Crippen LogP contribution in [0.15, 0.2) is 23.4 Å². The average molecular weight is 267 g/mol. The predicted octanol–water partition coefficient (Wildman–Crippen LogP) is 1.85. The van der Waals surface area contributed by atoms with Gasteiger partial charge in [-0.15, -0.1) is 0 Å². The fourth-order valence-electron chi connectivity index (χ4n) is 1.84. The Bertz CT molecular complexity index is 429. The Morgan fingerprint density at radius 2 is 2.05 bits per heavy atom. The molecular weight excluding hydrogens is 246 g/mol. The molecule has 1 rings (SSSR count). The third-order valence-electron chi connectivity index (χ3n) is 2.65. The van der Waals surface area contributed by atoms with E-state index in [0.29, 0.717) is 12.0 Å². The number of rotatable bonds is 4. The molecule has 0 aliphatic heterocycles. The molecule has 0 saturated carbocycles. The Kier molecular flexibility index (Phi) is 4.75. The summed E-state index contributed by atoms with van der Waals surface area (Å²) in [5.74, 6) is -1.28. The normalized spacial score (nSPS) is 19.3. The van der Waals surface area contributed by atoms with Gasteiger partial charge in [0.1, 0.15) is 12.1 Å². The van der Waals surface area contributed by atoms with Crippen LogP contribution in [0.5, 0.6) is 0 Å². The van der Waals surface area contributed by atoms with Gasteiger partial charge >= 0.3 is 11.9 Å². The fraction of sp³-hybridized carbons (Fsp3) is 0.571. The van der Waals surface area contributed by atoms with E-state index >= 15 is 0 Å². The minimum absolute atomic E-state index is 0.0661. The second-order valence-electron chi connectivity index (χ2n) is 5.66. The lowest BCUT2D eigenvalue weighted by Crippen LogP contribution is -2.32. The molecule has 0 fully saturated rings. The molecule has 0 aromatic carbocycles. The summed E-state index contributed by atoms with van der Waals surface area (Å²) in [6, 6.07) is 0. The standard InChI is InChI=1S/C14H21NO4/c1-9-7-10(5-6-11(9)13(17)18)15-8-12(16)19-14(2,3)4/h5-6,9,15H,7-8H2,1-4H3,(H,17,18). The van der Waals surface area contributed by atoms with Gasteiger partial charge in [0.05, 0.1) is 0 Å². The molecule has 0 radical (unpaired) electrons. The van der Waals surface area contributed by atoms with E-state index in [2.05, 4.69) is 5.32 Å². The van der Waals surface area contributed by atoms with Gasteiger partial charge in [-0.1, -0.05) is 6.92 Å². The highest BCUT2D eigenvalue weighted by atomic mass is 16.6. The summed E-state index contributed by atoms with van der Waals surface area (Å²) < 4.78 is 5.18. The molecule has 5 nitrogen and oxygen atoms in total. The topological polar surface area (TPSA) is 75.6 Å². The highest BCUT2D eigenvalue weighted by Crippen LogP contribution is 2.23. The zero-order chi connectivity index (χ0) is 14.6. The molecule has 1 aliphatic rings. The number of allylic oxidation sites excluding steroid dienone is 3. The second kappa shape index (κ2) is 5.91. The molecule has 0 spiro atoms. The number of aliphatic carboxylic acids is 1. The van der Waals surface area contributed by atoms with E-state index in [1.54, 1.807) is 12.2 Å². The van der Waals surface area contributed by atoms with Crippen molar-refractivity contribution in [3.8, 4) is 0 Å². The van der Waals surface area contributed by atoms with Crippen LogP contribution in [0, 0.1) is 5.92 Å². The van der Waals surface area contributed by atoms with Crippen LogP contribution < -0.4 is 5.32 Å². The van der Waals surface area contributed by atoms with Crippen molar-refractivity contribution in [3.05, 3.63) is 23.4 Å². The number of esters is 1. The first-order valence-electron chi connectivity index (χ1n) is 6.29. The lowest BCUT2D eigenvalue weighted by Gasteiger charge is -2.22. The van der Waals surface area contributed by atoms with Crippen molar-refractivity contribution in [1.29, 1.82) is 0 Å². The maximum absolute atomic E-state index is 11.5. The van der Waals surface area contributed by atoms with E-state index in [1.807, 2.05) is 27.7 Å². The van der Waals surface area contributed by atoms with Gasteiger partial charge in [0.15, 0.2) is 0 Å². The molecule has 5 heteroatoms. The van der Waals surface area contributed by atoms with Gasteiger partial charge in [0.2, 0.25) is 0 Å². The van der Waals surface area contributed by atoms with Gasteiger partial charge in [-0.3, -0.25) is 4.79 Å². The molecule has 0 amide bonds. The fourth-order valence-corrected chi connectivity index (χ4v) is 1.84. The summed E-state index contributed by atoms with van der Waals surface area (Å²) in [6.45, 7) is 7.38. The van der Waals surface area contributed by atoms with E-state index in [4.69, 9.17) is 9.84 Å². The summed E-state index contributed by atoms with van der Waals surface area (Å²) in [4.78, 5) is 22.4. The summed E-state index contributed by atoms with van der Waals surface area (Å²) in [5, 5.41) is 11.9. The third-order valence-corrected chi connectivity index (χ3v) is 2.65.